The van der Waals surface area contributed by atoms with Gasteiger partial charge in [-0.05, 0) is 36.2 Å². The van der Waals surface area contributed by atoms with Crippen LogP contribution in [0.25, 0.3) is 0 Å². The zero-order chi connectivity index (χ0) is 16.8. The van der Waals surface area contributed by atoms with E-state index in [0.717, 1.165) is 29.1 Å². The van der Waals surface area contributed by atoms with Crippen molar-refractivity contribution in [3.63, 3.8) is 0 Å². The molecule has 5 heteroatoms. The first-order chi connectivity index (χ1) is 11.7. The fraction of sp³-hybridized carbons (Fsp3) is 0.263. The van der Waals surface area contributed by atoms with E-state index >= 15 is 0 Å². The highest BCUT2D eigenvalue weighted by Crippen LogP contribution is 2.21. The van der Waals surface area contributed by atoms with Gasteiger partial charge >= 0.3 is 0 Å². The first kappa shape index (κ1) is 16.6. The van der Waals surface area contributed by atoms with Crippen molar-refractivity contribution in [2.24, 2.45) is 0 Å². The molecular weight excluding hydrogens is 320 g/mol. The smallest absolute Gasteiger partial charge is 0.230 e. The Kier molecular flexibility index (Phi) is 5.54. The number of anilines is 1. The molecule has 1 heterocycles. The molecule has 1 aliphatic heterocycles. The van der Waals surface area contributed by atoms with Crippen LogP contribution in [0, 0.1) is 0 Å². The molecule has 124 valence electrons. The molecule has 4 nitrogen and oxygen atoms in total. The number of nitrogens with one attached hydrogen (secondary N) is 1. The maximum atomic E-state index is 11.9. The molecule has 1 aliphatic rings. The van der Waals surface area contributed by atoms with E-state index in [0.29, 0.717) is 18.7 Å². The monoisotopic (exact) mass is 340 g/mol. The number of hydrogen-bond donors (Lipinski definition) is 1. The van der Waals surface area contributed by atoms with E-state index in [4.69, 9.17) is 0 Å². The molecule has 0 aliphatic carbocycles. The van der Waals surface area contributed by atoms with Crippen LogP contribution in [0.15, 0.2) is 59.5 Å². The molecule has 1 fully saturated rings. The quantitative estimate of drug-likeness (QED) is 0.822. The fourth-order valence-electron chi connectivity index (χ4n) is 2.63. The van der Waals surface area contributed by atoms with E-state index in [1.54, 1.807) is 0 Å². The van der Waals surface area contributed by atoms with Gasteiger partial charge in [0.2, 0.25) is 11.8 Å². The predicted molar refractivity (Wildman–Crippen MR) is 97.0 cm³/mol. The Morgan fingerprint density at radius 1 is 1.08 bits per heavy atom. The molecule has 2 aromatic rings. The average Bonchev–Trinajstić information content (AvgIpc) is 3.05. The van der Waals surface area contributed by atoms with Gasteiger partial charge in [0.05, 0.1) is 5.75 Å². The lowest BCUT2D eigenvalue weighted by Gasteiger charge is -2.16. The van der Waals surface area contributed by atoms with Crippen molar-refractivity contribution in [2.75, 3.05) is 17.2 Å². The van der Waals surface area contributed by atoms with Gasteiger partial charge in [0.1, 0.15) is 0 Å². The minimum absolute atomic E-state index is 0.0163. The Bertz CT molecular complexity index is 701. The topological polar surface area (TPSA) is 49.4 Å². The molecule has 2 amide bonds. The second-order valence-corrected chi connectivity index (χ2v) is 6.74. The third-order valence-electron chi connectivity index (χ3n) is 3.92. The maximum Gasteiger partial charge on any atom is 0.230 e. The number of hydrogen-bond acceptors (Lipinski definition) is 3. The zero-order valence-corrected chi connectivity index (χ0v) is 14.2. The number of benzene rings is 2. The second-order valence-electron chi connectivity index (χ2n) is 5.69. The minimum atomic E-state index is 0.0163. The summed E-state index contributed by atoms with van der Waals surface area (Å²) in [5, 5.41) is 2.93. The Hall–Kier alpha value is -2.27. The molecule has 0 aromatic heterocycles. The number of amides is 2. The van der Waals surface area contributed by atoms with Gasteiger partial charge < -0.3 is 10.2 Å². The first-order valence-electron chi connectivity index (χ1n) is 8.06. The minimum Gasteiger partial charge on any atom is -0.351 e. The standard InChI is InChI=1S/C19H20N2O2S/c22-18(14-24-17-5-2-1-3-6-17)20-13-15-8-10-16(11-9-15)21-12-4-7-19(21)23/h1-3,5-6,8-11H,4,7,12-14H2,(H,20,22). The second kappa shape index (κ2) is 8.02. The summed E-state index contributed by atoms with van der Waals surface area (Å²) in [5.74, 6) is 0.612. The van der Waals surface area contributed by atoms with Crippen molar-refractivity contribution in [2.45, 2.75) is 24.3 Å². The van der Waals surface area contributed by atoms with Crippen LogP contribution >= 0.6 is 11.8 Å². The zero-order valence-electron chi connectivity index (χ0n) is 13.4. The van der Waals surface area contributed by atoms with Crippen molar-refractivity contribution in [1.82, 2.24) is 5.32 Å². The highest BCUT2D eigenvalue weighted by atomic mass is 32.2. The summed E-state index contributed by atoms with van der Waals surface area (Å²) in [4.78, 5) is 26.6. The molecule has 0 atom stereocenters. The van der Waals surface area contributed by atoms with Crippen LogP contribution in [0.2, 0.25) is 0 Å². The van der Waals surface area contributed by atoms with Gasteiger partial charge in [-0.1, -0.05) is 30.3 Å². The van der Waals surface area contributed by atoms with Crippen molar-refractivity contribution < 1.29 is 9.59 Å². The summed E-state index contributed by atoms with van der Waals surface area (Å²) >= 11 is 1.53. The molecule has 1 saturated heterocycles. The van der Waals surface area contributed by atoms with Gasteiger partial charge in [0, 0.05) is 30.1 Å². The Balaban J connectivity index is 1.46. The summed E-state index contributed by atoms with van der Waals surface area (Å²) < 4.78 is 0. The van der Waals surface area contributed by atoms with Crippen LogP contribution in [-0.4, -0.2) is 24.1 Å². The highest BCUT2D eigenvalue weighted by molar-refractivity contribution is 8.00. The Labute approximate surface area is 146 Å². The Morgan fingerprint density at radius 2 is 1.83 bits per heavy atom. The van der Waals surface area contributed by atoms with Crippen molar-refractivity contribution >= 4 is 29.3 Å². The molecule has 0 spiro atoms. The fourth-order valence-corrected chi connectivity index (χ4v) is 3.38. The third kappa shape index (κ3) is 4.38. The largest absolute Gasteiger partial charge is 0.351 e. The van der Waals surface area contributed by atoms with Crippen molar-refractivity contribution in [3.8, 4) is 0 Å². The summed E-state index contributed by atoms with van der Waals surface area (Å²) in [5.41, 5.74) is 1.97. The van der Waals surface area contributed by atoms with Crippen LogP contribution in [0.5, 0.6) is 0 Å². The SMILES string of the molecule is O=C(CSc1ccccc1)NCc1ccc(N2CCCC2=O)cc1. The number of thioether (sulfide) groups is 1. The number of carbonyl (C=O) groups is 2. The van der Waals surface area contributed by atoms with Gasteiger partial charge in [-0.2, -0.15) is 0 Å². The third-order valence-corrected chi connectivity index (χ3v) is 4.94. The maximum absolute atomic E-state index is 11.9. The van der Waals surface area contributed by atoms with E-state index in [1.807, 2.05) is 59.5 Å². The number of rotatable bonds is 6. The molecule has 2 aromatic carbocycles. The lowest BCUT2D eigenvalue weighted by Crippen LogP contribution is -2.25. The van der Waals surface area contributed by atoms with E-state index < -0.39 is 0 Å². The molecule has 24 heavy (non-hydrogen) atoms. The Morgan fingerprint density at radius 3 is 2.50 bits per heavy atom. The predicted octanol–water partition coefficient (Wildman–Crippen LogP) is 3.22. The van der Waals surface area contributed by atoms with Gasteiger partial charge in [-0.3, -0.25) is 9.59 Å². The van der Waals surface area contributed by atoms with Crippen molar-refractivity contribution in [1.29, 1.82) is 0 Å². The van der Waals surface area contributed by atoms with Gasteiger partial charge in [0.25, 0.3) is 0 Å². The summed E-state index contributed by atoms with van der Waals surface area (Å²) in [6, 6.07) is 17.7. The normalized spacial score (nSPS) is 14.0. The average molecular weight is 340 g/mol. The van der Waals surface area contributed by atoms with E-state index in [2.05, 4.69) is 5.32 Å². The molecule has 0 saturated carbocycles. The molecule has 0 bridgehead atoms. The van der Waals surface area contributed by atoms with Gasteiger partial charge in [-0.15, -0.1) is 11.8 Å². The van der Waals surface area contributed by atoms with Gasteiger partial charge in [0.15, 0.2) is 0 Å². The van der Waals surface area contributed by atoms with E-state index in [9.17, 15) is 9.59 Å². The molecular formula is C19H20N2O2S. The van der Waals surface area contributed by atoms with Crippen LogP contribution in [-0.2, 0) is 16.1 Å². The lowest BCUT2D eigenvalue weighted by atomic mass is 10.2. The molecule has 0 unspecified atom stereocenters. The van der Waals surface area contributed by atoms with Crippen molar-refractivity contribution in [3.05, 3.63) is 60.2 Å². The lowest BCUT2D eigenvalue weighted by molar-refractivity contribution is -0.119. The van der Waals surface area contributed by atoms with E-state index in [-0.39, 0.29) is 11.8 Å². The summed E-state index contributed by atoms with van der Waals surface area (Å²) in [7, 11) is 0. The van der Waals surface area contributed by atoms with Gasteiger partial charge in [-0.25, -0.2) is 0 Å². The summed E-state index contributed by atoms with van der Waals surface area (Å²) in [6.07, 6.45) is 1.56. The van der Waals surface area contributed by atoms with Crippen LogP contribution in [0.1, 0.15) is 18.4 Å². The van der Waals surface area contributed by atoms with Crippen LogP contribution < -0.4 is 10.2 Å². The molecule has 0 radical (unpaired) electrons. The first-order valence-corrected chi connectivity index (χ1v) is 9.05. The molecule has 3 rings (SSSR count). The van der Waals surface area contributed by atoms with Crippen LogP contribution in [0.4, 0.5) is 5.69 Å². The number of carbonyl (C=O) groups excluding carboxylic acids is 2. The van der Waals surface area contributed by atoms with Crippen LogP contribution in [0.3, 0.4) is 0 Å². The van der Waals surface area contributed by atoms with E-state index in [1.165, 1.54) is 11.8 Å². The number of nitrogens with zero attached hydrogens (tertiary/aromatic N) is 1. The molecule has 1 N–H and O–H groups in total. The highest BCUT2D eigenvalue weighted by Gasteiger charge is 2.21. The summed E-state index contributed by atoms with van der Waals surface area (Å²) in [6.45, 7) is 1.30.